The maximum atomic E-state index is 13.7. The van der Waals surface area contributed by atoms with Crippen molar-refractivity contribution in [1.82, 2.24) is 5.32 Å². The van der Waals surface area contributed by atoms with Crippen molar-refractivity contribution in [3.8, 4) is 5.75 Å². The van der Waals surface area contributed by atoms with Crippen molar-refractivity contribution in [3.05, 3.63) is 64.5 Å². The van der Waals surface area contributed by atoms with Crippen LogP contribution in [0.4, 0.5) is 4.39 Å². The first kappa shape index (κ1) is 16.0. The molecular weight excluding hydrogens is 281 g/mol. The Balaban J connectivity index is 2.13. The molecule has 4 heteroatoms. The average molecular weight is 301 g/mol. The molecule has 116 valence electrons. The van der Waals surface area contributed by atoms with E-state index in [2.05, 4.69) is 11.4 Å². The first-order valence-electron chi connectivity index (χ1n) is 7.14. The van der Waals surface area contributed by atoms with Crippen molar-refractivity contribution in [2.24, 2.45) is 0 Å². The zero-order valence-electron chi connectivity index (χ0n) is 13.2. The number of carbonyl (C=O) groups is 1. The van der Waals surface area contributed by atoms with Gasteiger partial charge in [-0.2, -0.15) is 0 Å². The minimum Gasteiger partial charge on any atom is -0.494 e. The number of rotatable bonds is 4. The monoisotopic (exact) mass is 301 g/mol. The molecule has 0 fully saturated rings. The molecule has 2 rings (SSSR count). The number of methoxy groups -OCH3 is 1. The van der Waals surface area contributed by atoms with Gasteiger partial charge in [0, 0.05) is 5.56 Å². The van der Waals surface area contributed by atoms with Gasteiger partial charge < -0.3 is 10.1 Å². The Morgan fingerprint density at radius 2 is 1.86 bits per heavy atom. The van der Waals surface area contributed by atoms with E-state index in [0.29, 0.717) is 0 Å². The molecule has 0 aliphatic carbocycles. The van der Waals surface area contributed by atoms with Crippen LogP contribution in [0.2, 0.25) is 0 Å². The molecule has 0 aromatic heterocycles. The predicted molar refractivity (Wildman–Crippen MR) is 84.7 cm³/mol. The molecule has 0 heterocycles. The summed E-state index contributed by atoms with van der Waals surface area (Å²) in [7, 11) is 1.39. The topological polar surface area (TPSA) is 38.3 Å². The third-order valence-corrected chi connectivity index (χ3v) is 3.79. The molecule has 0 unspecified atom stereocenters. The smallest absolute Gasteiger partial charge is 0.251 e. The summed E-state index contributed by atoms with van der Waals surface area (Å²) in [6, 6.07) is 10.1. The van der Waals surface area contributed by atoms with Crippen molar-refractivity contribution in [1.29, 1.82) is 0 Å². The van der Waals surface area contributed by atoms with Crippen LogP contribution >= 0.6 is 0 Å². The number of hydrogen-bond acceptors (Lipinski definition) is 2. The van der Waals surface area contributed by atoms with Crippen LogP contribution in [0, 0.1) is 19.7 Å². The molecule has 22 heavy (non-hydrogen) atoms. The zero-order valence-corrected chi connectivity index (χ0v) is 13.2. The van der Waals surface area contributed by atoms with Gasteiger partial charge in [0.1, 0.15) is 0 Å². The summed E-state index contributed by atoms with van der Waals surface area (Å²) in [6.45, 7) is 5.98. The Bertz CT molecular complexity index is 697. The molecule has 1 N–H and O–H groups in total. The number of nitrogens with one attached hydrogen (secondary N) is 1. The third-order valence-electron chi connectivity index (χ3n) is 3.79. The predicted octanol–water partition coefficient (Wildman–Crippen LogP) is 3.94. The Morgan fingerprint density at radius 3 is 2.45 bits per heavy atom. The van der Waals surface area contributed by atoms with Gasteiger partial charge in [-0.15, -0.1) is 0 Å². The fourth-order valence-corrected chi connectivity index (χ4v) is 2.20. The van der Waals surface area contributed by atoms with Crippen molar-refractivity contribution < 1.29 is 13.9 Å². The van der Waals surface area contributed by atoms with Gasteiger partial charge in [-0.3, -0.25) is 4.79 Å². The molecule has 0 saturated carbocycles. The van der Waals surface area contributed by atoms with E-state index in [9.17, 15) is 9.18 Å². The largest absolute Gasteiger partial charge is 0.494 e. The van der Waals surface area contributed by atoms with E-state index in [-0.39, 0.29) is 23.3 Å². The highest BCUT2D eigenvalue weighted by molar-refractivity contribution is 5.94. The van der Waals surface area contributed by atoms with Gasteiger partial charge in [-0.25, -0.2) is 4.39 Å². The van der Waals surface area contributed by atoms with Gasteiger partial charge in [0.05, 0.1) is 13.2 Å². The molecule has 2 aromatic rings. The van der Waals surface area contributed by atoms with Crippen LogP contribution in [-0.2, 0) is 0 Å². The SMILES string of the molecule is COc1ccc(C(=O)N[C@@H](C)c2ccc(C)c(C)c2)cc1F. The minimum atomic E-state index is -0.547. The van der Waals surface area contributed by atoms with Crippen LogP contribution in [0.3, 0.4) is 0 Å². The maximum absolute atomic E-state index is 13.7. The van der Waals surface area contributed by atoms with E-state index in [4.69, 9.17) is 4.74 Å². The summed E-state index contributed by atoms with van der Waals surface area (Å²) >= 11 is 0. The highest BCUT2D eigenvalue weighted by atomic mass is 19.1. The zero-order chi connectivity index (χ0) is 16.3. The molecule has 0 aliphatic heterocycles. The Labute approximate surface area is 130 Å². The van der Waals surface area contributed by atoms with Crippen LogP contribution in [0.1, 0.15) is 40.0 Å². The van der Waals surface area contributed by atoms with Gasteiger partial charge in [0.2, 0.25) is 0 Å². The Hall–Kier alpha value is -2.36. The summed E-state index contributed by atoms with van der Waals surface area (Å²) in [6.07, 6.45) is 0. The lowest BCUT2D eigenvalue weighted by Gasteiger charge is -2.16. The van der Waals surface area contributed by atoms with Crippen molar-refractivity contribution >= 4 is 5.91 Å². The van der Waals surface area contributed by atoms with Crippen LogP contribution in [0.25, 0.3) is 0 Å². The minimum absolute atomic E-state index is 0.124. The van der Waals surface area contributed by atoms with Gasteiger partial charge in [-0.1, -0.05) is 18.2 Å². The highest BCUT2D eigenvalue weighted by Crippen LogP contribution is 2.20. The number of amides is 1. The summed E-state index contributed by atoms with van der Waals surface area (Å²) < 4.78 is 18.5. The standard InChI is InChI=1S/C18H20FNO2/c1-11-5-6-14(9-12(11)2)13(3)20-18(21)15-7-8-17(22-4)16(19)10-15/h5-10,13H,1-4H3,(H,20,21)/t13-/m0/s1. The molecule has 0 saturated heterocycles. The van der Waals surface area contributed by atoms with Gasteiger partial charge in [-0.05, 0) is 55.7 Å². The van der Waals surface area contributed by atoms with E-state index in [0.717, 1.165) is 5.56 Å². The third kappa shape index (κ3) is 3.45. The fraction of sp³-hybridized carbons (Fsp3) is 0.278. The highest BCUT2D eigenvalue weighted by Gasteiger charge is 2.14. The summed E-state index contributed by atoms with van der Waals surface area (Å²) in [5.41, 5.74) is 3.67. The second-order valence-electron chi connectivity index (χ2n) is 5.39. The maximum Gasteiger partial charge on any atom is 0.251 e. The lowest BCUT2D eigenvalue weighted by Crippen LogP contribution is -2.26. The van der Waals surface area contributed by atoms with E-state index >= 15 is 0 Å². The van der Waals surface area contributed by atoms with Gasteiger partial charge >= 0.3 is 0 Å². The molecule has 0 spiro atoms. The molecule has 0 aliphatic rings. The van der Waals surface area contributed by atoms with Gasteiger partial charge in [0.15, 0.2) is 11.6 Å². The number of ether oxygens (including phenoxy) is 1. The number of aryl methyl sites for hydroxylation is 2. The van der Waals surface area contributed by atoms with Crippen molar-refractivity contribution in [2.45, 2.75) is 26.8 Å². The molecule has 3 nitrogen and oxygen atoms in total. The van der Waals surface area contributed by atoms with E-state index < -0.39 is 5.82 Å². The van der Waals surface area contributed by atoms with Crippen LogP contribution < -0.4 is 10.1 Å². The quantitative estimate of drug-likeness (QED) is 0.929. The second-order valence-corrected chi connectivity index (χ2v) is 5.39. The van der Waals surface area contributed by atoms with E-state index in [1.807, 2.05) is 32.9 Å². The lowest BCUT2D eigenvalue weighted by molar-refractivity contribution is 0.0939. The van der Waals surface area contributed by atoms with Crippen molar-refractivity contribution in [3.63, 3.8) is 0 Å². The van der Waals surface area contributed by atoms with Gasteiger partial charge in [0.25, 0.3) is 5.91 Å². The number of hydrogen-bond donors (Lipinski definition) is 1. The molecule has 0 bridgehead atoms. The van der Waals surface area contributed by atoms with Crippen LogP contribution in [0.15, 0.2) is 36.4 Å². The summed E-state index contributed by atoms with van der Waals surface area (Å²) in [4.78, 5) is 12.2. The molecule has 1 atom stereocenters. The number of benzene rings is 2. The first-order chi connectivity index (χ1) is 10.4. The number of carbonyl (C=O) groups excluding carboxylic acids is 1. The Morgan fingerprint density at radius 1 is 1.14 bits per heavy atom. The normalized spacial score (nSPS) is 11.9. The molecule has 2 aromatic carbocycles. The average Bonchev–Trinajstić information content (AvgIpc) is 2.49. The van der Waals surface area contributed by atoms with E-state index in [1.165, 1.54) is 30.4 Å². The lowest BCUT2D eigenvalue weighted by atomic mass is 10.0. The fourth-order valence-electron chi connectivity index (χ4n) is 2.20. The molecule has 0 radical (unpaired) electrons. The second kappa shape index (κ2) is 6.60. The first-order valence-corrected chi connectivity index (χ1v) is 7.14. The van der Waals surface area contributed by atoms with Crippen molar-refractivity contribution in [2.75, 3.05) is 7.11 Å². The number of halogens is 1. The summed E-state index contributed by atoms with van der Waals surface area (Å²) in [5.74, 6) is -0.736. The van der Waals surface area contributed by atoms with Crippen LogP contribution in [-0.4, -0.2) is 13.0 Å². The van der Waals surface area contributed by atoms with Crippen LogP contribution in [0.5, 0.6) is 5.75 Å². The summed E-state index contributed by atoms with van der Waals surface area (Å²) in [5, 5.41) is 2.88. The Kier molecular flexibility index (Phi) is 4.81. The molecule has 1 amide bonds. The molecular formula is C18H20FNO2. The van der Waals surface area contributed by atoms with E-state index in [1.54, 1.807) is 6.07 Å².